The van der Waals surface area contributed by atoms with Crippen LogP contribution >= 0.6 is 11.8 Å². The largest absolute Gasteiger partial charge is 0.452 e. The minimum Gasteiger partial charge on any atom is -0.452 e. The predicted octanol–water partition coefficient (Wildman–Crippen LogP) is 2.91. The number of carbonyl (C=O) groups excluding carboxylic acids is 3. The third-order valence-electron chi connectivity index (χ3n) is 4.22. The molecule has 0 atom stereocenters. The molecular formula is C20H28N2O4S. The number of hydrogen-bond donors (Lipinski definition) is 2. The Morgan fingerprint density at radius 3 is 2.52 bits per heavy atom. The molecule has 1 aromatic rings. The van der Waals surface area contributed by atoms with Crippen LogP contribution in [0.3, 0.4) is 0 Å². The van der Waals surface area contributed by atoms with Gasteiger partial charge >= 0.3 is 5.97 Å². The second kappa shape index (κ2) is 11.0. The topological polar surface area (TPSA) is 84.5 Å². The quantitative estimate of drug-likeness (QED) is 0.525. The van der Waals surface area contributed by atoms with Crippen LogP contribution in [0.4, 0.5) is 0 Å². The third kappa shape index (κ3) is 7.62. The summed E-state index contributed by atoms with van der Waals surface area (Å²) in [6, 6.07) is 7.20. The van der Waals surface area contributed by atoms with Crippen molar-refractivity contribution in [2.24, 2.45) is 0 Å². The fourth-order valence-electron chi connectivity index (χ4n) is 2.99. The van der Waals surface area contributed by atoms with Crippen molar-refractivity contribution in [1.29, 1.82) is 0 Å². The Kier molecular flexibility index (Phi) is 8.64. The van der Waals surface area contributed by atoms with E-state index in [-0.39, 0.29) is 36.3 Å². The molecule has 1 aliphatic carbocycles. The zero-order valence-corrected chi connectivity index (χ0v) is 16.8. The van der Waals surface area contributed by atoms with E-state index in [1.54, 1.807) is 24.3 Å². The highest BCUT2D eigenvalue weighted by molar-refractivity contribution is 8.00. The molecule has 27 heavy (non-hydrogen) atoms. The van der Waals surface area contributed by atoms with E-state index in [0.29, 0.717) is 10.5 Å². The minimum absolute atomic E-state index is 0.0704. The van der Waals surface area contributed by atoms with Crippen LogP contribution in [0.2, 0.25) is 0 Å². The first-order valence-electron chi connectivity index (χ1n) is 9.43. The van der Waals surface area contributed by atoms with Gasteiger partial charge in [0, 0.05) is 17.0 Å². The van der Waals surface area contributed by atoms with E-state index >= 15 is 0 Å². The number of benzene rings is 1. The van der Waals surface area contributed by atoms with Gasteiger partial charge in [0.05, 0.1) is 11.3 Å². The number of hydrogen-bond acceptors (Lipinski definition) is 5. The van der Waals surface area contributed by atoms with Crippen LogP contribution in [0.25, 0.3) is 0 Å². The number of amides is 2. The van der Waals surface area contributed by atoms with E-state index < -0.39 is 5.97 Å². The van der Waals surface area contributed by atoms with Gasteiger partial charge in [-0.1, -0.05) is 31.4 Å². The molecule has 0 aliphatic heterocycles. The van der Waals surface area contributed by atoms with Gasteiger partial charge in [0.15, 0.2) is 6.61 Å². The minimum atomic E-state index is -0.554. The second-order valence-electron chi connectivity index (χ2n) is 6.99. The van der Waals surface area contributed by atoms with Crippen molar-refractivity contribution in [3.05, 3.63) is 29.8 Å². The zero-order chi connectivity index (χ0) is 19.6. The third-order valence-corrected chi connectivity index (χ3v) is 5.29. The molecule has 0 bridgehead atoms. The molecule has 0 radical (unpaired) electrons. The summed E-state index contributed by atoms with van der Waals surface area (Å²) in [6.45, 7) is 3.50. The predicted molar refractivity (Wildman–Crippen MR) is 106 cm³/mol. The van der Waals surface area contributed by atoms with Crippen molar-refractivity contribution in [3.8, 4) is 0 Å². The first-order chi connectivity index (χ1) is 13.0. The monoisotopic (exact) mass is 392 g/mol. The molecule has 2 N–H and O–H groups in total. The summed E-state index contributed by atoms with van der Waals surface area (Å²) >= 11 is 1.27. The normalized spacial score (nSPS) is 14.6. The maximum absolute atomic E-state index is 12.4. The molecule has 6 nitrogen and oxygen atoms in total. The molecule has 0 spiro atoms. The first kappa shape index (κ1) is 21.3. The van der Waals surface area contributed by atoms with Crippen LogP contribution in [0, 0.1) is 0 Å². The van der Waals surface area contributed by atoms with Gasteiger partial charge in [-0.05, 0) is 38.8 Å². The lowest BCUT2D eigenvalue weighted by molar-refractivity contribution is -0.125. The molecule has 2 rings (SSSR count). The van der Waals surface area contributed by atoms with Crippen molar-refractivity contribution >= 4 is 29.5 Å². The molecule has 2 amide bonds. The zero-order valence-electron chi connectivity index (χ0n) is 16.0. The Morgan fingerprint density at radius 1 is 1.11 bits per heavy atom. The molecule has 0 heterocycles. The average molecular weight is 393 g/mol. The fourth-order valence-corrected chi connectivity index (χ4v) is 3.84. The van der Waals surface area contributed by atoms with E-state index in [1.807, 2.05) is 13.8 Å². The van der Waals surface area contributed by atoms with Crippen molar-refractivity contribution in [2.45, 2.75) is 62.9 Å². The molecule has 1 fully saturated rings. The lowest BCUT2D eigenvalue weighted by atomic mass is 9.95. The van der Waals surface area contributed by atoms with Gasteiger partial charge < -0.3 is 15.4 Å². The summed E-state index contributed by atoms with van der Waals surface area (Å²) in [5.41, 5.74) is 0.366. The molecule has 0 saturated heterocycles. The SMILES string of the molecule is CC(C)NC(=O)CSc1ccccc1C(=O)OCC(=O)NC1CCCCC1. The number of esters is 1. The standard InChI is InChI=1S/C20H28N2O4S/c1-14(2)21-19(24)13-27-17-11-7-6-10-16(17)20(25)26-12-18(23)22-15-8-4-3-5-9-15/h6-7,10-11,14-15H,3-5,8-9,12-13H2,1-2H3,(H,21,24)(H,22,23). The van der Waals surface area contributed by atoms with E-state index in [9.17, 15) is 14.4 Å². The number of thioether (sulfide) groups is 1. The summed E-state index contributed by atoms with van der Waals surface area (Å²) in [5, 5.41) is 5.74. The fraction of sp³-hybridized carbons (Fsp3) is 0.550. The van der Waals surface area contributed by atoms with Crippen LogP contribution in [-0.4, -0.2) is 42.2 Å². The highest BCUT2D eigenvalue weighted by Crippen LogP contribution is 2.23. The van der Waals surface area contributed by atoms with Crippen LogP contribution in [0.5, 0.6) is 0 Å². The van der Waals surface area contributed by atoms with Gasteiger partial charge in [-0.25, -0.2) is 4.79 Å². The van der Waals surface area contributed by atoms with Gasteiger partial charge in [0.25, 0.3) is 5.91 Å². The Bertz CT molecular complexity index is 657. The lowest BCUT2D eigenvalue weighted by Gasteiger charge is -2.22. The molecule has 7 heteroatoms. The molecule has 0 unspecified atom stereocenters. The van der Waals surface area contributed by atoms with Crippen molar-refractivity contribution in [2.75, 3.05) is 12.4 Å². The van der Waals surface area contributed by atoms with Gasteiger partial charge in [0.2, 0.25) is 5.91 Å². The van der Waals surface area contributed by atoms with E-state index in [2.05, 4.69) is 10.6 Å². The number of carbonyl (C=O) groups is 3. The molecule has 0 aromatic heterocycles. The van der Waals surface area contributed by atoms with E-state index in [4.69, 9.17) is 4.74 Å². The van der Waals surface area contributed by atoms with Gasteiger partial charge in [0.1, 0.15) is 0 Å². The van der Waals surface area contributed by atoms with Crippen molar-refractivity contribution in [1.82, 2.24) is 10.6 Å². The number of rotatable bonds is 8. The highest BCUT2D eigenvalue weighted by atomic mass is 32.2. The van der Waals surface area contributed by atoms with Crippen molar-refractivity contribution in [3.63, 3.8) is 0 Å². The van der Waals surface area contributed by atoms with Crippen molar-refractivity contribution < 1.29 is 19.1 Å². The summed E-state index contributed by atoms with van der Waals surface area (Å²) in [4.78, 5) is 36.8. The molecule has 1 aromatic carbocycles. The number of ether oxygens (including phenoxy) is 1. The summed E-state index contributed by atoms with van der Waals surface area (Å²) in [5.74, 6) is -0.701. The molecule has 1 aliphatic rings. The summed E-state index contributed by atoms with van der Waals surface area (Å²) in [6.07, 6.45) is 5.43. The molecule has 148 valence electrons. The Hall–Kier alpha value is -2.02. The van der Waals surface area contributed by atoms with Gasteiger partial charge in [-0.3, -0.25) is 9.59 Å². The Labute approximate surface area is 164 Å². The molecule has 1 saturated carbocycles. The van der Waals surface area contributed by atoms with Gasteiger partial charge in [-0.15, -0.1) is 11.8 Å². The van der Waals surface area contributed by atoms with Crippen LogP contribution in [0.1, 0.15) is 56.3 Å². The average Bonchev–Trinajstić information content (AvgIpc) is 2.65. The maximum Gasteiger partial charge on any atom is 0.339 e. The highest BCUT2D eigenvalue weighted by Gasteiger charge is 2.18. The Balaban J connectivity index is 1.84. The molecular weight excluding hydrogens is 364 g/mol. The summed E-state index contributed by atoms with van der Waals surface area (Å²) < 4.78 is 5.18. The van der Waals surface area contributed by atoms with Gasteiger partial charge in [-0.2, -0.15) is 0 Å². The maximum atomic E-state index is 12.4. The van der Waals surface area contributed by atoms with Crippen LogP contribution in [0.15, 0.2) is 29.2 Å². The second-order valence-corrected chi connectivity index (χ2v) is 8.00. The number of nitrogens with one attached hydrogen (secondary N) is 2. The van der Waals surface area contributed by atoms with Crippen LogP contribution in [-0.2, 0) is 14.3 Å². The smallest absolute Gasteiger partial charge is 0.339 e. The van der Waals surface area contributed by atoms with Crippen LogP contribution < -0.4 is 10.6 Å². The van der Waals surface area contributed by atoms with E-state index in [0.717, 1.165) is 25.7 Å². The first-order valence-corrected chi connectivity index (χ1v) is 10.4. The Morgan fingerprint density at radius 2 is 1.81 bits per heavy atom. The lowest BCUT2D eigenvalue weighted by Crippen LogP contribution is -2.38. The van der Waals surface area contributed by atoms with E-state index in [1.165, 1.54) is 18.2 Å². The summed E-state index contributed by atoms with van der Waals surface area (Å²) in [7, 11) is 0.